The summed E-state index contributed by atoms with van der Waals surface area (Å²) in [6.45, 7) is 16.7. The molecule has 124 valence electrons. The van der Waals surface area contributed by atoms with Gasteiger partial charge < -0.3 is 14.6 Å². The number of aliphatic hydroxyl groups is 1. The van der Waals surface area contributed by atoms with E-state index in [1.807, 2.05) is 20.8 Å². The highest BCUT2D eigenvalue weighted by Crippen LogP contribution is 2.41. The summed E-state index contributed by atoms with van der Waals surface area (Å²) in [5.74, 6) is 0. The van der Waals surface area contributed by atoms with Crippen LogP contribution in [0.1, 0.15) is 41.5 Å². The van der Waals surface area contributed by atoms with Crippen LogP contribution in [-0.4, -0.2) is 54.3 Å². The number of hydrogen-bond acceptors (Lipinski definition) is 3. The van der Waals surface area contributed by atoms with Gasteiger partial charge >= 0.3 is 6.09 Å². The van der Waals surface area contributed by atoms with Crippen molar-refractivity contribution in [3.8, 4) is 0 Å². The third-order valence-corrected chi connectivity index (χ3v) is 9.31. The Balaban J connectivity index is 3.00. The smallest absolute Gasteiger partial charge is 0.407 e. The fraction of sp³-hybridized carbons (Fsp3) is 0.933. The first kappa shape index (κ1) is 18.5. The lowest BCUT2D eigenvalue weighted by molar-refractivity contribution is 0.0112. The molecule has 2 N–H and O–H groups in total. The van der Waals surface area contributed by atoms with Crippen molar-refractivity contribution in [3.63, 3.8) is 0 Å². The number of hydrogen-bond donors (Lipinski definition) is 2. The van der Waals surface area contributed by atoms with E-state index in [9.17, 15) is 15.0 Å². The van der Waals surface area contributed by atoms with Crippen LogP contribution in [0.25, 0.3) is 0 Å². The van der Waals surface area contributed by atoms with Crippen molar-refractivity contribution in [1.82, 2.24) is 4.90 Å². The molecule has 3 atom stereocenters. The predicted molar refractivity (Wildman–Crippen MR) is 86.1 cm³/mol. The fourth-order valence-electron chi connectivity index (χ4n) is 2.64. The van der Waals surface area contributed by atoms with Gasteiger partial charge in [-0.2, -0.15) is 0 Å². The highest BCUT2D eigenvalue weighted by atomic mass is 28.4. The Hall–Kier alpha value is -0.593. The van der Waals surface area contributed by atoms with E-state index < -0.39 is 32.7 Å². The lowest BCUT2D eigenvalue weighted by Gasteiger charge is -2.39. The van der Waals surface area contributed by atoms with Crippen LogP contribution in [0.5, 0.6) is 0 Å². The highest BCUT2D eigenvalue weighted by Gasteiger charge is 2.51. The largest absolute Gasteiger partial charge is 0.465 e. The van der Waals surface area contributed by atoms with Gasteiger partial charge in [0.25, 0.3) is 0 Å². The molecule has 21 heavy (non-hydrogen) atoms. The van der Waals surface area contributed by atoms with Gasteiger partial charge in [0, 0.05) is 0 Å². The molecular weight excluding hydrogens is 286 g/mol. The molecule has 1 rings (SSSR count). The lowest BCUT2D eigenvalue weighted by atomic mass is 9.83. The molecule has 0 bridgehead atoms. The summed E-state index contributed by atoms with van der Waals surface area (Å²) >= 11 is 0. The van der Waals surface area contributed by atoms with E-state index in [4.69, 9.17) is 4.43 Å². The number of likely N-dealkylation sites (tertiary alicyclic amines) is 1. The van der Waals surface area contributed by atoms with Gasteiger partial charge in [-0.15, -0.1) is 0 Å². The topological polar surface area (TPSA) is 70.0 Å². The van der Waals surface area contributed by atoms with E-state index in [0.29, 0.717) is 0 Å². The van der Waals surface area contributed by atoms with Crippen molar-refractivity contribution in [2.45, 2.75) is 77.9 Å². The maximum Gasteiger partial charge on any atom is 0.407 e. The van der Waals surface area contributed by atoms with Crippen LogP contribution in [0.15, 0.2) is 0 Å². The summed E-state index contributed by atoms with van der Waals surface area (Å²) in [4.78, 5) is 12.8. The molecule has 1 aliphatic rings. The van der Waals surface area contributed by atoms with E-state index in [1.54, 1.807) is 0 Å². The van der Waals surface area contributed by atoms with Crippen molar-refractivity contribution in [2.24, 2.45) is 5.41 Å². The Kier molecular flexibility index (Phi) is 4.88. The number of aliphatic hydroxyl groups excluding tert-OH is 1. The predicted octanol–water partition coefficient (Wildman–Crippen LogP) is 3.15. The molecule has 1 fully saturated rings. The summed E-state index contributed by atoms with van der Waals surface area (Å²) in [6, 6.07) is -0.440. The summed E-state index contributed by atoms with van der Waals surface area (Å²) in [7, 11) is -2.04. The second kappa shape index (κ2) is 5.55. The molecule has 0 spiro atoms. The third kappa shape index (κ3) is 3.79. The van der Waals surface area contributed by atoms with Crippen LogP contribution >= 0.6 is 0 Å². The van der Waals surface area contributed by atoms with Crippen LogP contribution < -0.4 is 0 Å². The Morgan fingerprint density at radius 2 is 1.67 bits per heavy atom. The van der Waals surface area contributed by atoms with Gasteiger partial charge in [0.2, 0.25) is 0 Å². The van der Waals surface area contributed by atoms with Gasteiger partial charge in [-0.25, -0.2) is 4.79 Å². The zero-order chi connectivity index (χ0) is 16.8. The molecule has 5 nitrogen and oxygen atoms in total. The molecule has 0 aromatic rings. The number of carboxylic acid groups (broad SMARTS) is 1. The standard InChI is InChI=1S/C15H31NO4Si/c1-14(2,3)12-11(17)10(9-16(12)13(18)19)20-21(7,8)15(4,5)6/h10-12,17H,9H2,1-8H3,(H,18,19)/t10-,11+,12?/m0/s1. The minimum Gasteiger partial charge on any atom is -0.465 e. The first-order valence-electron chi connectivity index (χ1n) is 7.54. The molecule has 1 saturated heterocycles. The van der Waals surface area contributed by atoms with Crippen molar-refractivity contribution >= 4 is 14.4 Å². The van der Waals surface area contributed by atoms with Crippen LogP contribution in [-0.2, 0) is 4.43 Å². The van der Waals surface area contributed by atoms with Crippen LogP contribution in [0, 0.1) is 5.41 Å². The number of rotatable bonds is 2. The maximum absolute atomic E-state index is 11.5. The van der Waals surface area contributed by atoms with Crippen molar-refractivity contribution in [2.75, 3.05) is 6.54 Å². The molecule has 0 aliphatic carbocycles. The monoisotopic (exact) mass is 317 g/mol. The average Bonchev–Trinajstić information content (AvgIpc) is 2.53. The van der Waals surface area contributed by atoms with Crippen molar-refractivity contribution < 1.29 is 19.4 Å². The summed E-state index contributed by atoms with van der Waals surface area (Å²) in [6.07, 6.45) is -2.21. The van der Waals surface area contributed by atoms with Crippen molar-refractivity contribution in [1.29, 1.82) is 0 Å². The zero-order valence-electron chi connectivity index (χ0n) is 14.6. The molecule has 0 aromatic heterocycles. The minimum atomic E-state index is -2.04. The van der Waals surface area contributed by atoms with Gasteiger partial charge in [0.15, 0.2) is 8.32 Å². The molecule has 6 heteroatoms. The summed E-state index contributed by atoms with van der Waals surface area (Å²) in [5.41, 5.74) is -0.330. The van der Waals surface area contributed by atoms with E-state index in [2.05, 4.69) is 33.9 Å². The third-order valence-electron chi connectivity index (χ3n) is 4.80. The first-order chi connectivity index (χ1) is 9.18. The average molecular weight is 318 g/mol. The molecule has 1 amide bonds. The molecule has 1 aliphatic heterocycles. The van der Waals surface area contributed by atoms with Crippen LogP contribution in [0.3, 0.4) is 0 Å². The van der Waals surface area contributed by atoms with Gasteiger partial charge in [-0.1, -0.05) is 41.5 Å². The quantitative estimate of drug-likeness (QED) is 0.768. The minimum absolute atomic E-state index is 0.0284. The van der Waals surface area contributed by atoms with Gasteiger partial charge in [-0.3, -0.25) is 4.90 Å². The molecule has 0 aromatic carbocycles. The van der Waals surface area contributed by atoms with Crippen LogP contribution in [0.2, 0.25) is 18.1 Å². The van der Waals surface area contributed by atoms with Crippen LogP contribution in [0.4, 0.5) is 4.79 Å². The Bertz CT molecular complexity index is 397. The number of amides is 1. The number of nitrogens with zero attached hydrogens (tertiary/aromatic N) is 1. The molecular formula is C15H31NO4Si. The second-order valence-corrected chi connectivity index (χ2v) is 13.4. The van der Waals surface area contributed by atoms with Gasteiger partial charge in [0.1, 0.15) is 6.10 Å². The summed E-state index contributed by atoms with van der Waals surface area (Å²) in [5, 5.41) is 20.1. The Labute approximate surface area is 129 Å². The fourth-order valence-corrected chi connectivity index (χ4v) is 3.97. The normalized spacial score (nSPS) is 28.0. The zero-order valence-corrected chi connectivity index (χ0v) is 15.6. The summed E-state index contributed by atoms with van der Waals surface area (Å²) < 4.78 is 6.27. The second-order valence-electron chi connectivity index (χ2n) is 8.65. The first-order valence-corrected chi connectivity index (χ1v) is 10.4. The van der Waals surface area contributed by atoms with E-state index in [1.165, 1.54) is 4.90 Å². The molecule has 0 saturated carbocycles. The van der Waals surface area contributed by atoms with Crippen molar-refractivity contribution in [3.05, 3.63) is 0 Å². The SMILES string of the molecule is CC(C)(C)C1[C@H](O)[C@@H](O[Si](C)(C)C(C)(C)C)CN1C(=O)O. The van der Waals surface area contributed by atoms with E-state index >= 15 is 0 Å². The van der Waals surface area contributed by atoms with Gasteiger partial charge in [0.05, 0.1) is 18.7 Å². The lowest BCUT2D eigenvalue weighted by Crippen LogP contribution is -2.49. The molecule has 0 radical (unpaired) electrons. The van der Waals surface area contributed by atoms with E-state index in [0.717, 1.165) is 0 Å². The maximum atomic E-state index is 11.5. The van der Waals surface area contributed by atoms with E-state index in [-0.39, 0.29) is 17.0 Å². The highest BCUT2D eigenvalue weighted by molar-refractivity contribution is 6.74. The molecule has 1 unspecified atom stereocenters. The Morgan fingerprint density at radius 1 is 1.19 bits per heavy atom. The Morgan fingerprint density at radius 3 is 1.95 bits per heavy atom. The number of carbonyl (C=O) groups is 1. The van der Waals surface area contributed by atoms with Gasteiger partial charge in [-0.05, 0) is 23.5 Å². The molecule has 1 heterocycles.